The Morgan fingerprint density at radius 2 is 2.09 bits per heavy atom. The molecule has 0 radical (unpaired) electrons. The smallest absolute Gasteiger partial charge is 0.416 e. The summed E-state index contributed by atoms with van der Waals surface area (Å²) in [6.07, 6.45) is -4.58. The summed E-state index contributed by atoms with van der Waals surface area (Å²) in [6, 6.07) is 4.44. The number of ether oxygens (including phenoxy) is 2. The van der Waals surface area contributed by atoms with Crippen molar-refractivity contribution in [3.8, 4) is 11.8 Å². The first-order valence-corrected chi connectivity index (χ1v) is 6.20. The molecule has 4 N–H and O–H groups in total. The van der Waals surface area contributed by atoms with Crippen molar-refractivity contribution in [1.82, 2.24) is 0 Å². The average molecular weight is 329 g/mol. The SMILES string of the molecule is COCCOc1cc(N/N=C(\C#N)C(=N)N)cc(C(F)(F)F)c1. The molecule has 0 spiro atoms. The number of amidine groups is 1. The van der Waals surface area contributed by atoms with Gasteiger partial charge in [-0.25, -0.2) is 0 Å². The fourth-order valence-corrected chi connectivity index (χ4v) is 1.42. The summed E-state index contributed by atoms with van der Waals surface area (Å²) >= 11 is 0. The number of hydrogen-bond acceptors (Lipinski definition) is 6. The van der Waals surface area contributed by atoms with E-state index in [1.165, 1.54) is 13.2 Å². The van der Waals surface area contributed by atoms with Gasteiger partial charge in [0.2, 0.25) is 5.71 Å². The van der Waals surface area contributed by atoms with Crippen LogP contribution in [0.2, 0.25) is 0 Å². The number of alkyl halides is 3. The van der Waals surface area contributed by atoms with E-state index in [0.29, 0.717) is 0 Å². The number of nitrogens with one attached hydrogen (secondary N) is 2. The van der Waals surface area contributed by atoms with Gasteiger partial charge in [-0.15, -0.1) is 0 Å². The molecule has 23 heavy (non-hydrogen) atoms. The molecule has 0 unspecified atom stereocenters. The summed E-state index contributed by atoms with van der Waals surface area (Å²) in [5.41, 5.74) is 5.87. The molecule has 0 saturated heterocycles. The number of anilines is 1. The minimum absolute atomic E-state index is 0.0455. The van der Waals surface area contributed by atoms with E-state index in [2.05, 4.69) is 10.5 Å². The van der Waals surface area contributed by atoms with Gasteiger partial charge in [-0.2, -0.15) is 23.5 Å². The van der Waals surface area contributed by atoms with Gasteiger partial charge in [-0.3, -0.25) is 10.8 Å². The lowest BCUT2D eigenvalue weighted by Gasteiger charge is -2.13. The van der Waals surface area contributed by atoms with Crippen molar-refractivity contribution in [2.24, 2.45) is 10.8 Å². The van der Waals surface area contributed by atoms with Gasteiger partial charge in [0.25, 0.3) is 0 Å². The molecular weight excluding hydrogens is 315 g/mol. The fraction of sp³-hybridized carbons (Fsp3) is 0.308. The fourth-order valence-electron chi connectivity index (χ4n) is 1.42. The van der Waals surface area contributed by atoms with Crippen LogP contribution in [-0.2, 0) is 10.9 Å². The summed E-state index contributed by atoms with van der Waals surface area (Å²) in [7, 11) is 1.43. The largest absolute Gasteiger partial charge is 0.491 e. The summed E-state index contributed by atoms with van der Waals surface area (Å²) in [4.78, 5) is 0. The first-order chi connectivity index (χ1) is 10.8. The highest BCUT2D eigenvalue weighted by Gasteiger charge is 2.31. The Hall–Kier alpha value is -2.80. The van der Waals surface area contributed by atoms with Gasteiger partial charge < -0.3 is 15.2 Å². The summed E-state index contributed by atoms with van der Waals surface area (Å²) in [5.74, 6) is -0.653. The Morgan fingerprint density at radius 3 is 2.61 bits per heavy atom. The van der Waals surface area contributed by atoms with Crippen LogP contribution in [0.4, 0.5) is 18.9 Å². The van der Waals surface area contributed by atoms with E-state index < -0.39 is 23.3 Å². The number of nitrogens with two attached hydrogens (primary N) is 1. The molecule has 0 aromatic heterocycles. The number of benzene rings is 1. The maximum atomic E-state index is 12.9. The second-order valence-corrected chi connectivity index (χ2v) is 4.18. The standard InChI is InChI=1S/C13H14F3N5O2/c1-22-2-3-23-10-5-8(13(14,15)16)4-9(6-10)20-21-11(7-17)12(18)19/h4-6,20H,2-3H2,1H3,(H3,18,19)/b21-11+. The van der Waals surface area contributed by atoms with Crippen LogP contribution in [0.1, 0.15) is 5.56 Å². The minimum atomic E-state index is -4.58. The molecule has 1 aromatic carbocycles. The van der Waals surface area contributed by atoms with Gasteiger partial charge in [0.15, 0.2) is 5.84 Å². The molecule has 0 bridgehead atoms. The Bertz CT molecular complexity index is 637. The van der Waals surface area contributed by atoms with E-state index in [1.54, 1.807) is 6.07 Å². The molecule has 0 aliphatic carbocycles. The van der Waals surface area contributed by atoms with Crippen molar-refractivity contribution in [3.05, 3.63) is 23.8 Å². The summed E-state index contributed by atoms with van der Waals surface area (Å²) in [6.45, 7) is 0.275. The zero-order valence-corrected chi connectivity index (χ0v) is 12.1. The molecular formula is C13H14F3N5O2. The highest BCUT2D eigenvalue weighted by molar-refractivity contribution is 6.45. The average Bonchev–Trinajstić information content (AvgIpc) is 2.47. The third kappa shape index (κ3) is 5.84. The zero-order valence-electron chi connectivity index (χ0n) is 12.1. The molecule has 0 fully saturated rings. The number of rotatable bonds is 7. The summed E-state index contributed by atoms with van der Waals surface area (Å²) < 4.78 is 48.5. The van der Waals surface area contributed by atoms with Crippen molar-refractivity contribution in [2.75, 3.05) is 25.7 Å². The van der Waals surface area contributed by atoms with Gasteiger partial charge in [0.05, 0.1) is 17.9 Å². The molecule has 0 aliphatic heterocycles. The van der Waals surface area contributed by atoms with Gasteiger partial charge >= 0.3 is 6.18 Å². The van der Waals surface area contributed by atoms with E-state index >= 15 is 0 Å². The highest BCUT2D eigenvalue weighted by Crippen LogP contribution is 2.34. The second kappa shape index (κ2) is 8.00. The molecule has 0 saturated carbocycles. The van der Waals surface area contributed by atoms with Crippen molar-refractivity contribution in [2.45, 2.75) is 6.18 Å². The number of nitrogens with zero attached hydrogens (tertiary/aromatic N) is 2. The highest BCUT2D eigenvalue weighted by atomic mass is 19.4. The predicted molar refractivity (Wildman–Crippen MR) is 77.4 cm³/mol. The van der Waals surface area contributed by atoms with Crippen molar-refractivity contribution in [1.29, 1.82) is 10.7 Å². The normalized spacial score (nSPS) is 11.7. The first kappa shape index (κ1) is 18.2. The molecule has 0 atom stereocenters. The van der Waals surface area contributed by atoms with Crippen LogP contribution in [0.15, 0.2) is 23.3 Å². The van der Waals surface area contributed by atoms with Crippen molar-refractivity contribution < 1.29 is 22.6 Å². The van der Waals surface area contributed by atoms with Crippen LogP contribution in [0.3, 0.4) is 0 Å². The van der Waals surface area contributed by atoms with Crippen LogP contribution in [0.5, 0.6) is 5.75 Å². The zero-order chi connectivity index (χ0) is 17.5. The predicted octanol–water partition coefficient (Wildman–Crippen LogP) is 1.96. The third-order valence-corrected chi connectivity index (χ3v) is 2.45. The molecule has 1 aromatic rings. The second-order valence-electron chi connectivity index (χ2n) is 4.18. The molecule has 0 aliphatic rings. The third-order valence-electron chi connectivity index (χ3n) is 2.45. The molecule has 1 rings (SSSR count). The van der Waals surface area contributed by atoms with E-state index in [0.717, 1.165) is 12.1 Å². The minimum Gasteiger partial charge on any atom is -0.491 e. The van der Waals surface area contributed by atoms with Crippen LogP contribution in [0.25, 0.3) is 0 Å². The van der Waals surface area contributed by atoms with E-state index in [9.17, 15) is 13.2 Å². The number of methoxy groups -OCH3 is 1. The Morgan fingerprint density at radius 1 is 1.39 bits per heavy atom. The van der Waals surface area contributed by atoms with Crippen molar-refractivity contribution >= 4 is 17.2 Å². The maximum absolute atomic E-state index is 12.9. The van der Waals surface area contributed by atoms with Gasteiger partial charge in [0.1, 0.15) is 18.4 Å². The van der Waals surface area contributed by atoms with E-state index in [4.69, 9.17) is 25.9 Å². The monoisotopic (exact) mass is 329 g/mol. The maximum Gasteiger partial charge on any atom is 0.416 e. The Balaban J connectivity index is 3.08. The molecule has 124 valence electrons. The lowest BCUT2D eigenvalue weighted by atomic mass is 10.2. The van der Waals surface area contributed by atoms with Crippen LogP contribution in [-0.4, -0.2) is 31.9 Å². The lowest BCUT2D eigenvalue weighted by Crippen LogP contribution is -2.21. The number of hydrogen-bond donors (Lipinski definition) is 3. The van der Waals surface area contributed by atoms with Crippen LogP contribution >= 0.6 is 0 Å². The van der Waals surface area contributed by atoms with Crippen molar-refractivity contribution in [3.63, 3.8) is 0 Å². The number of halogens is 3. The van der Waals surface area contributed by atoms with E-state index in [-0.39, 0.29) is 24.7 Å². The summed E-state index contributed by atoms with van der Waals surface area (Å²) in [5, 5.41) is 19.3. The topological polar surface area (TPSA) is 117 Å². The first-order valence-electron chi connectivity index (χ1n) is 6.20. The van der Waals surface area contributed by atoms with Crippen LogP contribution in [0, 0.1) is 16.7 Å². The molecule has 10 heteroatoms. The van der Waals surface area contributed by atoms with Gasteiger partial charge in [-0.05, 0) is 12.1 Å². The molecule has 0 heterocycles. The Kier molecular flexibility index (Phi) is 6.35. The number of nitriles is 1. The van der Waals surface area contributed by atoms with E-state index in [1.807, 2.05) is 0 Å². The van der Waals surface area contributed by atoms with Gasteiger partial charge in [0, 0.05) is 13.2 Å². The molecule has 7 nitrogen and oxygen atoms in total. The van der Waals surface area contributed by atoms with Crippen LogP contribution < -0.4 is 15.9 Å². The molecule has 0 amide bonds. The quantitative estimate of drug-likeness (QED) is 0.306. The van der Waals surface area contributed by atoms with Gasteiger partial charge in [-0.1, -0.05) is 0 Å². The Labute approximate surface area is 130 Å². The lowest BCUT2D eigenvalue weighted by molar-refractivity contribution is -0.137. The number of hydrazone groups is 1.